The molecule has 2 N–H and O–H groups in total. The van der Waals surface area contributed by atoms with Crippen molar-refractivity contribution in [1.29, 1.82) is 0 Å². The zero-order chi connectivity index (χ0) is 15.3. The number of aliphatic carboxylic acids is 1. The van der Waals surface area contributed by atoms with Crippen LogP contribution in [0.3, 0.4) is 0 Å². The van der Waals surface area contributed by atoms with Crippen LogP contribution in [0.15, 0.2) is 18.2 Å². The van der Waals surface area contributed by atoms with Gasteiger partial charge in [-0.15, -0.1) is 0 Å². The summed E-state index contributed by atoms with van der Waals surface area (Å²) in [5, 5.41) is 29.5. The molecule has 1 unspecified atom stereocenters. The summed E-state index contributed by atoms with van der Waals surface area (Å²) in [6.07, 6.45) is -1.02. The monoisotopic (exact) mass is 284 g/mol. The number of nitro groups is 1. The van der Waals surface area contributed by atoms with Crippen LogP contribution in [0.25, 0.3) is 0 Å². The van der Waals surface area contributed by atoms with Gasteiger partial charge < -0.3 is 14.9 Å². The van der Waals surface area contributed by atoms with E-state index in [1.54, 1.807) is 0 Å². The summed E-state index contributed by atoms with van der Waals surface area (Å²) in [6.45, 7) is -0.176. The smallest absolute Gasteiger partial charge is 0.317 e. The molecule has 0 spiro atoms. The Labute approximate surface area is 115 Å². The lowest BCUT2D eigenvalue weighted by Crippen LogP contribution is -2.29. The van der Waals surface area contributed by atoms with Gasteiger partial charge in [0.05, 0.1) is 24.7 Å². The molecule has 1 aromatic carbocycles. The van der Waals surface area contributed by atoms with Gasteiger partial charge in [0, 0.05) is 12.6 Å². The molecule has 8 nitrogen and oxygen atoms in total. The first-order valence-electron chi connectivity index (χ1n) is 5.76. The summed E-state index contributed by atoms with van der Waals surface area (Å²) >= 11 is 0. The van der Waals surface area contributed by atoms with Crippen molar-refractivity contribution in [2.75, 3.05) is 27.2 Å². The van der Waals surface area contributed by atoms with Gasteiger partial charge in [0.15, 0.2) is 5.75 Å². The lowest BCUT2D eigenvalue weighted by molar-refractivity contribution is -0.385. The number of aliphatic hydroxyl groups excluding tert-OH is 1. The second-order valence-corrected chi connectivity index (χ2v) is 4.29. The highest BCUT2D eigenvalue weighted by Crippen LogP contribution is 2.29. The number of hydrogen-bond acceptors (Lipinski definition) is 6. The van der Waals surface area contributed by atoms with Crippen LogP contribution in [0.2, 0.25) is 0 Å². The van der Waals surface area contributed by atoms with E-state index in [-0.39, 0.29) is 24.5 Å². The number of nitrogens with zero attached hydrogens (tertiary/aromatic N) is 2. The van der Waals surface area contributed by atoms with Gasteiger partial charge in [-0.2, -0.15) is 0 Å². The molecule has 0 fully saturated rings. The molecular weight excluding hydrogens is 268 g/mol. The Morgan fingerprint density at radius 1 is 1.55 bits per heavy atom. The maximum absolute atomic E-state index is 10.9. The molecule has 0 aromatic heterocycles. The summed E-state index contributed by atoms with van der Waals surface area (Å²) < 4.78 is 4.86. The number of ether oxygens (including phenoxy) is 1. The van der Waals surface area contributed by atoms with E-state index in [4.69, 9.17) is 9.84 Å². The van der Waals surface area contributed by atoms with Crippen LogP contribution in [0.1, 0.15) is 11.7 Å². The first kappa shape index (κ1) is 15.9. The molecule has 0 saturated carbocycles. The molecule has 0 aliphatic carbocycles. The summed E-state index contributed by atoms with van der Waals surface area (Å²) in [6, 6.07) is 4.12. The van der Waals surface area contributed by atoms with Crippen molar-refractivity contribution < 1.29 is 24.7 Å². The van der Waals surface area contributed by atoms with Crippen LogP contribution in [0.5, 0.6) is 5.75 Å². The second-order valence-electron chi connectivity index (χ2n) is 4.29. The lowest BCUT2D eigenvalue weighted by atomic mass is 10.1. The zero-order valence-electron chi connectivity index (χ0n) is 11.1. The summed E-state index contributed by atoms with van der Waals surface area (Å²) in [7, 11) is 2.86. The highest BCUT2D eigenvalue weighted by atomic mass is 16.6. The second kappa shape index (κ2) is 6.83. The van der Waals surface area contributed by atoms with Crippen LogP contribution in [-0.2, 0) is 4.79 Å². The number of benzene rings is 1. The van der Waals surface area contributed by atoms with E-state index in [1.807, 2.05) is 0 Å². The summed E-state index contributed by atoms with van der Waals surface area (Å²) in [5.74, 6) is -0.912. The molecular formula is C12H16N2O6. The minimum atomic E-state index is -1.02. The number of carboxylic acid groups (broad SMARTS) is 1. The fourth-order valence-corrected chi connectivity index (χ4v) is 1.75. The number of carbonyl (C=O) groups is 1. The molecule has 0 amide bonds. The first-order valence-corrected chi connectivity index (χ1v) is 5.76. The Bertz CT molecular complexity index is 505. The molecule has 1 atom stereocenters. The first-order chi connectivity index (χ1) is 9.35. The quantitative estimate of drug-likeness (QED) is 0.558. The van der Waals surface area contributed by atoms with Gasteiger partial charge in [-0.1, -0.05) is 6.07 Å². The lowest BCUT2D eigenvalue weighted by Gasteiger charge is -2.19. The number of carboxylic acids is 1. The average Bonchev–Trinajstić information content (AvgIpc) is 2.36. The van der Waals surface area contributed by atoms with Gasteiger partial charge in [-0.25, -0.2) is 0 Å². The van der Waals surface area contributed by atoms with E-state index in [0.29, 0.717) is 5.56 Å². The third kappa shape index (κ3) is 4.18. The van der Waals surface area contributed by atoms with E-state index in [2.05, 4.69) is 0 Å². The number of rotatable bonds is 7. The number of aliphatic hydroxyl groups is 1. The third-order valence-electron chi connectivity index (χ3n) is 2.67. The van der Waals surface area contributed by atoms with Gasteiger partial charge >= 0.3 is 11.7 Å². The fraction of sp³-hybridized carbons (Fsp3) is 0.417. The Morgan fingerprint density at radius 2 is 2.20 bits per heavy atom. The summed E-state index contributed by atoms with van der Waals surface area (Å²) in [4.78, 5) is 22.2. The van der Waals surface area contributed by atoms with Crippen molar-refractivity contribution >= 4 is 11.7 Å². The predicted octanol–water partition coefficient (Wildman–Crippen LogP) is 0.653. The maximum atomic E-state index is 10.9. The fourth-order valence-electron chi connectivity index (χ4n) is 1.75. The van der Waals surface area contributed by atoms with Gasteiger partial charge in [-0.05, 0) is 18.7 Å². The van der Waals surface area contributed by atoms with Crippen LogP contribution >= 0.6 is 0 Å². The Balaban J connectivity index is 2.88. The minimum absolute atomic E-state index is 0.0514. The number of likely N-dealkylation sites (N-methyl/N-ethyl adjacent to an activating group) is 1. The molecule has 0 aliphatic rings. The highest BCUT2D eigenvalue weighted by Gasteiger charge is 2.19. The topological polar surface area (TPSA) is 113 Å². The Hall–Kier alpha value is -2.19. The van der Waals surface area contributed by atoms with Crippen molar-refractivity contribution in [3.8, 4) is 5.75 Å². The third-order valence-corrected chi connectivity index (χ3v) is 2.67. The van der Waals surface area contributed by atoms with Gasteiger partial charge in [0.25, 0.3) is 0 Å². The van der Waals surface area contributed by atoms with Gasteiger partial charge in [0.2, 0.25) is 0 Å². The maximum Gasteiger partial charge on any atom is 0.317 e. The molecule has 8 heteroatoms. The molecule has 1 rings (SSSR count). The van der Waals surface area contributed by atoms with E-state index in [1.165, 1.54) is 37.3 Å². The molecule has 0 bridgehead atoms. The van der Waals surface area contributed by atoms with Crippen molar-refractivity contribution in [3.05, 3.63) is 33.9 Å². The molecule has 0 aliphatic heterocycles. The van der Waals surface area contributed by atoms with E-state index in [0.717, 1.165) is 0 Å². The van der Waals surface area contributed by atoms with Gasteiger partial charge in [-0.3, -0.25) is 19.8 Å². The number of methoxy groups -OCH3 is 1. The molecule has 0 radical (unpaired) electrons. The molecule has 0 saturated heterocycles. The Kier molecular flexibility index (Phi) is 5.42. The van der Waals surface area contributed by atoms with Gasteiger partial charge in [0.1, 0.15) is 0 Å². The number of nitro benzene ring substituents is 1. The van der Waals surface area contributed by atoms with Crippen molar-refractivity contribution in [2.24, 2.45) is 0 Å². The SMILES string of the molecule is COc1ccc(C(O)CN(C)CC(=O)O)cc1[N+](=O)[O-]. The van der Waals surface area contributed by atoms with Crippen molar-refractivity contribution in [1.82, 2.24) is 4.90 Å². The summed E-state index contributed by atoms with van der Waals surface area (Å²) in [5.41, 5.74) is 0.0830. The molecule has 0 heterocycles. The number of hydrogen-bond donors (Lipinski definition) is 2. The molecule has 1 aromatic rings. The normalized spacial score (nSPS) is 12.2. The van der Waals surface area contributed by atoms with E-state index >= 15 is 0 Å². The van der Waals surface area contributed by atoms with Crippen molar-refractivity contribution in [3.63, 3.8) is 0 Å². The average molecular weight is 284 g/mol. The minimum Gasteiger partial charge on any atom is -0.490 e. The largest absolute Gasteiger partial charge is 0.490 e. The van der Waals surface area contributed by atoms with Crippen LogP contribution < -0.4 is 4.74 Å². The van der Waals surface area contributed by atoms with Crippen LogP contribution in [0.4, 0.5) is 5.69 Å². The zero-order valence-corrected chi connectivity index (χ0v) is 11.1. The molecule has 110 valence electrons. The highest BCUT2D eigenvalue weighted by molar-refractivity contribution is 5.69. The van der Waals surface area contributed by atoms with E-state index in [9.17, 15) is 20.0 Å². The Morgan fingerprint density at radius 3 is 2.70 bits per heavy atom. The standard InChI is InChI=1S/C12H16N2O6/c1-13(7-12(16)17)6-10(15)8-3-4-11(20-2)9(5-8)14(18)19/h3-5,10,15H,6-7H2,1-2H3,(H,16,17). The van der Waals surface area contributed by atoms with Crippen molar-refractivity contribution in [2.45, 2.75) is 6.10 Å². The van der Waals surface area contributed by atoms with Crippen LogP contribution in [-0.4, -0.2) is 53.3 Å². The van der Waals surface area contributed by atoms with Crippen LogP contribution in [0, 0.1) is 10.1 Å². The van der Waals surface area contributed by atoms with E-state index < -0.39 is 17.0 Å². The molecule has 20 heavy (non-hydrogen) atoms. The predicted molar refractivity (Wildman–Crippen MR) is 69.7 cm³/mol.